The first-order chi connectivity index (χ1) is 14.0. The van der Waals surface area contributed by atoms with Gasteiger partial charge in [-0.05, 0) is 50.1 Å². The zero-order chi connectivity index (χ0) is 20.8. The van der Waals surface area contributed by atoms with Crippen LogP contribution in [-0.4, -0.2) is 34.4 Å². The lowest BCUT2D eigenvalue weighted by Crippen LogP contribution is -2.31. The Hall–Kier alpha value is -3.41. The molecule has 0 atom stereocenters. The maximum absolute atomic E-state index is 13.1. The first-order valence-corrected chi connectivity index (χ1v) is 9.60. The predicted octanol–water partition coefficient (Wildman–Crippen LogP) is 4.51. The molecule has 0 aliphatic heterocycles. The van der Waals surface area contributed by atoms with Gasteiger partial charge in [0.25, 0.3) is 5.91 Å². The second kappa shape index (κ2) is 9.19. The highest BCUT2D eigenvalue weighted by Gasteiger charge is 2.18. The second-order valence-electron chi connectivity index (χ2n) is 6.85. The Morgan fingerprint density at radius 1 is 1.07 bits per heavy atom. The molecule has 150 valence electrons. The van der Waals surface area contributed by atoms with E-state index in [1.54, 1.807) is 18.1 Å². The van der Waals surface area contributed by atoms with Crippen LogP contribution in [0.15, 0.2) is 54.6 Å². The lowest BCUT2D eigenvalue weighted by atomic mass is 10.2. The van der Waals surface area contributed by atoms with Crippen molar-refractivity contribution in [2.24, 2.45) is 0 Å². The van der Waals surface area contributed by atoms with Crippen LogP contribution in [0, 0.1) is 13.8 Å². The van der Waals surface area contributed by atoms with Crippen LogP contribution in [-0.2, 0) is 6.54 Å². The zero-order valence-electron chi connectivity index (χ0n) is 17.3. The molecule has 1 heterocycles. The van der Waals surface area contributed by atoms with E-state index in [9.17, 15) is 4.79 Å². The molecule has 1 N–H and O–H groups in total. The van der Waals surface area contributed by atoms with Crippen LogP contribution in [0.5, 0.6) is 5.75 Å². The maximum Gasteiger partial charge on any atom is 0.272 e. The van der Waals surface area contributed by atoms with E-state index >= 15 is 0 Å². The van der Waals surface area contributed by atoms with E-state index in [1.165, 1.54) is 0 Å². The molecular weight excluding hydrogens is 364 g/mol. The van der Waals surface area contributed by atoms with Crippen LogP contribution in [0.3, 0.4) is 0 Å². The summed E-state index contributed by atoms with van der Waals surface area (Å²) in [5.74, 6) is 0.932. The molecule has 3 aromatic rings. The second-order valence-corrected chi connectivity index (χ2v) is 6.85. The lowest BCUT2D eigenvalue weighted by molar-refractivity contribution is 0.0746. The van der Waals surface area contributed by atoms with Gasteiger partial charge in [0.15, 0.2) is 0 Å². The Kier molecular flexibility index (Phi) is 6.44. The van der Waals surface area contributed by atoms with Gasteiger partial charge >= 0.3 is 0 Å². The number of hydrogen-bond acceptors (Lipinski definition) is 5. The van der Waals surface area contributed by atoms with Gasteiger partial charge in [-0.2, -0.15) is 0 Å². The van der Waals surface area contributed by atoms with Crippen LogP contribution in [0.1, 0.15) is 34.2 Å². The van der Waals surface area contributed by atoms with Crippen LogP contribution < -0.4 is 10.1 Å². The topological polar surface area (TPSA) is 67.4 Å². The molecule has 0 saturated heterocycles. The summed E-state index contributed by atoms with van der Waals surface area (Å²) in [6.45, 7) is 6.94. The molecule has 2 aromatic carbocycles. The fourth-order valence-electron chi connectivity index (χ4n) is 3.07. The van der Waals surface area contributed by atoms with Gasteiger partial charge in [0.05, 0.1) is 12.8 Å². The number of aryl methyl sites for hydroxylation is 2. The number of nitrogens with one attached hydrogen (secondary N) is 1. The number of carbonyl (C=O) groups is 1. The van der Waals surface area contributed by atoms with Gasteiger partial charge in [-0.3, -0.25) is 4.79 Å². The highest BCUT2D eigenvalue weighted by atomic mass is 16.5. The fourth-order valence-corrected chi connectivity index (χ4v) is 3.07. The number of amides is 1. The van der Waals surface area contributed by atoms with Gasteiger partial charge in [-0.15, -0.1) is 0 Å². The van der Waals surface area contributed by atoms with Gasteiger partial charge in [-0.1, -0.05) is 36.4 Å². The van der Waals surface area contributed by atoms with Crippen LogP contribution in [0.4, 0.5) is 11.6 Å². The number of nitrogens with zero attached hydrogens (tertiary/aromatic N) is 3. The van der Waals surface area contributed by atoms with Gasteiger partial charge < -0.3 is 15.0 Å². The first kappa shape index (κ1) is 20.3. The lowest BCUT2D eigenvalue weighted by Gasteiger charge is -2.21. The van der Waals surface area contributed by atoms with Gasteiger partial charge in [-0.25, -0.2) is 9.97 Å². The monoisotopic (exact) mass is 390 g/mol. The zero-order valence-corrected chi connectivity index (χ0v) is 17.3. The predicted molar refractivity (Wildman–Crippen MR) is 115 cm³/mol. The summed E-state index contributed by atoms with van der Waals surface area (Å²) < 4.78 is 5.41. The van der Waals surface area contributed by atoms with E-state index in [2.05, 4.69) is 15.3 Å². The molecular formula is C23H26N4O2. The molecule has 0 fully saturated rings. The minimum Gasteiger partial charge on any atom is -0.495 e. The van der Waals surface area contributed by atoms with E-state index in [0.29, 0.717) is 36.2 Å². The number of aromatic nitrogens is 2. The summed E-state index contributed by atoms with van der Waals surface area (Å²) in [5, 5.41) is 3.19. The Morgan fingerprint density at radius 3 is 2.52 bits per heavy atom. The third-order valence-corrected chi connectivity index (χ3v) is 4.56. The van der Waals surface area contributed by atoms with E-state index in [-0.39, 0.29) is 5.91 Å². The molecule has 0 spiro atoms. The van der Waals surface area contributed by atoms with Crippen molar-refractivity contribution in [2.75, 3.05) is 19.0 Å². The quantitative estimate of drug-likeness (QED) is 0.643. The Bertz CT molecular complexity index is 989. The molecule has 0 saturated carbocycles. The molecule has 0 radical (unpaired) electrons. The highest BCUT2D eigenvalue weighted by molar-refractivity contribution is 5.92. The summed E-state index contributed by atoms with van der Waals surface area (Å²) in [6.07, 6.45) is 0. The molecule has 0 bridgehead atoms. The summed E-state index contributed by atoms with van der Waals surface area (Å²) in [4.78, 5) is 23.8. The van der Waals surface area contributed by atoms with E-state index in [4.69, 9.17) is 4.74 Å². The Labute approximate surface area is 171 Å². The number of anilines is 2. The number of ether oxygens (including phenoxy) is 1. The molecule has 1 aromatic heterocycles. The molecule has 1 amide bonds. The van der Waals surface area contributed by atoms with Gasteiger partial charge in [0.1, 0.15) is 11.4 Å². The van der Waals surface area contributed by atoms with Crippen molar-refractivity contribution in [2.45, 2.75) is 27.3 Å². The highest BCUT2D eigenvalue weighted by Crippen LogP contribution is 2.27. The van der Waals surface area contributed by atoms with Gasteiger partial charge in [0.2, 0.25) is 5.95 Å². The van der Waals surface area contributed by atoms with Crippen LogP contribution in [0.2, 0.25) is 0 Å². The van der Waals surface area contributed by atoms with Crippen molar-refractivity contribution in [3.05, 3.63) is 77.1 Å². The largest absolute Gasteiger partial charge is 0.495 e. The number of carbonyl (C=O) groups excluding carboxylic acids is 1. The van der Waals surface area contributed by atoms with E-state index < -0.39 is 0 Å². The summed E-state index contributed by atoms with van der Waals surface area (Å²) in [6, 6.07) is 17.5. The number of hydrogen-bond donors (Lipinski definition) is 1. The van der Waals surface area contributed by atoms with Crippen LogP contribution in [0.25, 0.3) is 0 Å². The van der Waals surface area contributed by atoms with Crippen molar-refractivity contribution < 1.29 is 9.53 Å². The molecule has 0 aliphatic rings. The minimum atomic E-state index is -0.124. The van der Waals surface area contributed by atoms with E-state index in [1.807, 2.05) is 69.3 Å². The van der Waals surface area contributed by atoms with Crippen molar-refractivity contribution in [1.82, 2.24) is 14.9 Å². The molecule has 0 unspecified atom stereocenters. The summed E-state index contributed by atoms with van der Waals surface area (Å²) in [5.41, 5.74) is 4.00. The summed E-state index contributed by atoms with van der Waals surface area (Å²) >= 11 is 0. The van der Waals surface area contributed by atoms with Crippen molar-refractivity contribution in [3.8, 4) is 5.75 Å². The number of benzene rings is 2. The number of rotatable bonds is 7. The third kappa shape index (κ3) is 5.10. The standard InChI is InChI=1S/C23H26N4O2/c1-5-27(15-18-9-7-6-8-10-18)22(28)20-14-17(3)24-23(26-20)25-19-13-16(2)11-12-21(19)29-4/h6-14H,5,15H2,1-4H3,(H,24,25,26). The van der Waals surface area contributed by atoms with Crippen LogP contribution >= 0.6 is 0 Å². The summed E-state index contributed by atoms with van der Waals surface area (Å²) in [7, 11) is 1.62. The molecule has 6 heteroatoms. The molecule has 29 heavy (non-hydrogen) atoms. The van der Waals surface area contributed by atoms with E-state index in [0.717, 1.165) is 16.8 Å². The van der Waals surface area contributed by atoms with Crippen molar-refractivity contribution in [1.29, 1.82) is 0 Å². The number of methoxy groups -OCH3 is 1. The average Bonchev–Trinajstić information content (AvgIpc) is 2.72. The first-order valence-electron chi connectivity index (χ1n) is 9.60. The normalized spacial score (nSPS) is 10.5. The fraction of sp³-hybridized carbons (Fsp3) is 0.261. The minimum absolute atomic E-state index is 0.124. The maximum atomic E-state index is 13.1. The smallest absolute Gasteiger partial charge is 0.272 e. The van der Waals surface area contributed by atoms with Gasteiger partial charge in [0, 0.05) is 18.8 Å². The molecule has 6 nitrogen and oxygen atoms in total. The average molecular weight is 390 g/mol. The SMILES string of the molecule is CCN(Cc1ccccc1)C(=O)c1cc(C)nc(Nc2cc(C)ccc2OC)n1. The van der Waals surface area contributed by atoms with Crippen molar-refractivity contribution >= 4 is 17.5 Å². The van der Waals surface area contributed by atoms with Crippen molar-refractivity contribution in [3.63, 3.8) is 0 Å². The Morgan fingerprint density at radius 2 is 1.83 bits per heavy atom. The molecule has 3 rings (SSSR count). The Balaban J connectivity index is 1.86. The molecule has 0 aliphatic carbocycles. The third-order valence-electron chi connectivity index (χ3n) is 4.56.